The van der Waals surface area contributed by atoms with E-state index < -0.39 is 5.97 Å². The fourth-order valence-corrected chi connectivity index (χ4v) is 2.93. The van der Waals surface area contributed by atoms with Gasteiger partial charge in [0.1, 0.15) is 5.52 Å². The van der Waals surface area contributed by atoms with Crippen LogP contribution in [0.25, 0.3) is 22.6 Å². The van der Waals surface area contributed by atoms with Crippen LogP contribution in [0.3, 0.4) is 0 Å². The molecule has 1 N–H and O–H groups in total. The third kappa shape index (κ3) is 2.01. The number of hydrogen-bond donors (Lipinski definition) is 1. The van der Waals surface area contributed by atoms with Crippen LogP contribution in [-0.4, -0.2) is 16.1 Å². The molecule has 18 heavy (non-hydrogen) atoms. The molecule has 0 aliphatic heterocycles. The van der Waals surface area contributed by atoms with Crippen molar-refractivity contribution in [2.75, 3.05) is 0 Å². The molecule has 90 valence electrons. The Morgan fingerprint density at radius 2 is 2.22 bits per heavy atom. The maximum atomic E-state index is 10.9. The average molecular weight is 371 g/mol. The molecule has 0 aliphatic rings. The van der Waals surface area contributed by atoms with E-state index in [1.54, 1.807) is 17.4 Å². The van der Waals surface area contributed by atoms with Gasteiger partial charge in [-0.2, -0.15) is 0 Å². The molecule has 0 saturated carbocycles. The van der Waals surface area contributed by atoms with Gasteiger partial charge in [0, 0.05) is 10.9 Å². The van der Waals surface area contributed by atoms with E-state index in [0.717, 1.165) is 8.45 Å². The van der Waals surface area contributed by atoms with Crippen molar-refractivity contribution in [2.24, 2.45) is 0 Å². The molecule has 0 aliphatic carbocycles. The number of carbonyl (C=O) groups is 1. The van der Waals surface area contributed by atoms with Crippen LogP contribution in [-0.2, 0) is 0 Å². The molecule has 6 heteroatoms. The molecular formula is C12H6INO3S. The normalized spacial score (nSPS) is 10.9. The molecule has 3 aromatic rings. The van der Waals surface area contributed by atoms with Gasteiger partial charge in [0.15, 0.2) is 5.58 Å². The number of halogens is 1. The van der Waals surface area contributed by atoms with Crippen LogP contribution < -0.4 is 0 Å². The first kappa shape index (κ1) is 11.7. The summed E-state index contributed by atoms with van der Waals surface area (Å²) in [5.74, 6) is -0.446. The Kier molecular flexibility index (Phi) is 2.83. The van der Waals surface area contributed by atoms with Crippen molar-refractivity contribution < 1.29 is 14.3 Å². The van der Waals surface area contributed by atoms with Gasteiger partial charge in [-0.05, 0) is 46.9 Å². The molecular weight excluding hydrogens is 365 g/mol. The summed E-state index contributed by atoms with van der Waals surface area (Å²) in [6.45, 7) is 0. The van der Waals surface area contributed by atoms with Crippen LogP contribution in [0.2, 0.25) is 0 Å². The number of carboxylic acid groups (broad SMARTS) is 1. The van der Waals surface area contributed by atoms with E-state index in [-0.39, 0.29) is 5.56 Å². The SMILES string of the molecule is O=C(O)c1ccc2oc(-c3csc(I)c3)nc2c1. The third-order valence-electron chi connectivity index (χ3n) is 2.45. The highest BCUT2D eigenvalue weighted by Crippen LogP contribution is 2.29. The van der Waals surface area contributed by atoms with Crippen molar-refractivity contribution in [3.63, 3.8) is 0 Å². The second-order valence-corrected chi connectivity index (χ2v) is 6.45. The van der Waals surface area contributed by atoms with Crippen LogP contribution in [0.4, 0.5) is 0 Å². The summed E-state index contributed by atoms with van der Waals surface area (Å²) in [5.41, 5.74) is 2.28. The fourth-order valence-electron chi connectivity index (χ4n) is 1.61. The number of hydrogen-bond acceptors (Lipinski definition) is 4. The molecule has 0 radical (unpaired) electrons. The minimum absolute atomic E-state index is 0.210. The van der Waals surface area contributed by atoms with Gasteiger partial charge in [-0.15, -0.1) is 11.3 Å². The van der Waals surface area contributed by atoms with Gasteiger partial charge in [0.05, 0.1) is 8.45 Å². The number of oxazole rings is 1. The monoisotopic (exact) mass is 371 g/mol. The van der Waals surface area contributed by atoms with Crippen molar-refractivity contribution in [1.82, 2.24) is 4.98 Å². The van der Waals surface area contributed by atoms with E-state index >= 15 is 0 Å². The van der Waals surface area contributed by atoms with E-state index in [4.69, 9.17) is 9.52 Å². The van der Waals surface area contributed by atoms with Crippen LogP contribution in [0.5, 0.6) is 0 Å². The van der Waals surface area contributed by atoms with E-state index in [1.165, 1.54) is 12.1 Å². The standard InChI is InChI=1S/C12H6INO3S/c13-10-4-7(5-18-10)11-14-8-3-6(12(15)16)1-2-9(8)17-11/h1-5H,(H,15,16). The number of aromatic carboxylic acids is 1. The lowest BCUT2D eigenvalue weighted by molar-refractivity contribution is 0.0697. The Bertz CT molecular complexity index is 747. The Balaban J connectivity index is 2.13. The second-order valence-electron chi connectivity index (χ2n) is 3.65. The molecule has 2 heterocycles. The van der Waals surface area contributed by atoms with Crippen molar-refractivity contribution in [3.8, 4) is 11.5 Å². The summed E-state index contributed by atoms with van der Waals surface area (Å²) < 4.78 is 6.75. The molecule has 0 spiro atoms. The van der Waals surface area contributed by atoms with Crippen molar-refractivity contribution in [2.45, 2.75) is 0 Å². The first-order valence-corrected chi connectivity index (χ1v) is 6.97. The zero-order valence-electron chi connectivity index (χ0n) is 8.88. The number of fused-ring (bicyclic) bond motifs is 1. The highest BCUT2D eigenvalue weighted by Gasteiger charge is 2.12. The van der Waals surface area contributed by atoms with Crippen LogP contribution in [0, 0.1) is 2.88 Å². The summed E-state index contributed by atoms with van der Waals surface area (Å²) in [5, 5.41) is 10.9. The largest absolute Gasteiger partial charge is 0.478 e. The molecule has 1 aromatic carbocycles. The Labute approximate surface area is 119 Å². The van der Waals surface area contributed by atoms with Crippen molar-refractivity contribution in [3.05, 3.63) is 38.1 Å². The summed E-state index contributed by atoms with van der Waals surface area (Å²) in [4.78, 5) is 15.2. The number of benzene rings is 1. The van der Waals surface area contributed by atoms with Gasteiger partial charge >= 0.3 is 5.97 Å². The summed E-state index contributed by atoms with van der Waals surface area (Å²) >= 11 is 3.84. The molecule has 0 amide bonds. The van der Waals surface area contributed by atoms with E-state index in [1.807, 2.05) is 11.4 Å². The Hall–Kier alpha value is -1.41. The molecule has 0 atom stereocenters. The molecule has 0 bridgehead atoms. The van der Waals surface area contributed by atoms with Gasteiger partial charge in [-0.1, -0.05) is 0 Å². The summed E-state index contributed by atoms with van der Waals surface area (Å²) in [7, 11) is 0. The lowest BCUT2D eigenvalue weighted by Crippen LogP contribution is -1.94. The van der Waals surface area contributed by atoms with Gasteiger partial charge in [-0.25, -0.2) is 9.78 Å². The first-order valence-electron chi connectivity index (χ1n) is 5.02. The molecule has 0 saturated heterocycles. The number of thiophene rings is 1. The molecule has 0 unspecified atom stereocenters. The van der Waals surface area contributed by atoms with Crippen LogP contribution in [0.1, 0.15) is 10.4 Å². The molecule has 3 rings (SSSR count). The third-order valence-corrected chi connectivity index (χ3v) is 4.24. The first-order chi connectivity index (χ1) is 8.63. The lowest BCUT2D eigenvalue weighted by atomic mass is 10.2. The predicted molar refractivity (Wildman–Crippen MR) is 77.0 cm³/mol. The number of nitrogens with zero attached hydrogens (tertiary/aromatic N) is 1. The summed E-state index contributed by atoms with van der Waals surface area (Å²) in [6, 6.07) is 6.64. The van der Waals surface area contributed by atoms with Gasteiger partial charge in [0.2, 0.25) is 5.89 Å². The number of aromatic nitrogens is 1. The van der Waals surface area contributed by atoms with Crippen molar-refractivity contribution >= 4 is 51.0 Å². The highest BCUT2D eigenvalue weighted by atomic mass is 127. The Morgan fingerprint density at radius 3 is 2.89 bits per heavy atom. The van der Waals surface area contributed by atoms with E-state index in [9.17, 15) is 4.79 Å². The molecule has 4 nitrogen and oxygen atoms in total. The Morgan fingerprint density at radius 1 is 1.39 bits per heavy atom. The van der Waals surface area contributed by atoms with Crippen LogP contribution in [0.15, 0.2) is 34.1 Å². The zero-order valence-corrected chi connectivity index (χ0v) is 11.9. The molecule has 2 aromatic heterocycles. The van der Waals surface area contributed by atoms with Gasteiger partial charge in [0.25, 0.3) is 0 Å². The van der Waals surface area contributed by atoms with Gasteiger partial charge in [-0.3, -0.25) is 0 Å². The average Bonchev–Trinajstić information content (AvgIpc) is 2.93. The zero-order chi connectivity index (χ0) is 12.7. The van der Waals surface area contributed by atoms with Gasteiger partial charge < -0.3 is 9.52 Å². The molecule has 0 fully saturated rings. The number of rotatable bonds is 2. The minimum Gasteiger partial charge on any atom is -0.478 e. The topological polar surface area (TPSA) is 63.3 Å². The second kappa shape index (κ2) is 4.36. The summed E-state index contributed by atoms with van der Waals surface area (Å²) in [6.07, 6.45) is 0. The highest BCUT2D eigenvalue weighted by molar-refractivity contribution is 14.1. The maximum absolute atomic E-state index is 10.9. The number of carboxylic acids is 1. The lowest BCUT2D eigenvalue weighted by Gasteiger charge is -1.91. The van der Waals surface area contributed by atoms with Crippen molar-refractivity contribution in [1.29, 1.82) is 0 Å². The van der Waals surface area contributed by atoms with E-state index in [2.05, 4.69) is 27.6 Å². The maximum Gasteiger partial charge on any atom is 0.335 e. The fraction of sp³-hybridized carbons (Fsp3) is 0. The minimum atomic E-state index is -0.966. The smallest absolute Gasteiger partial charge is 0.335 e. The van der Waals surface area contributed by atoms with Crippen LogP contribution >= 0.6 is 33.9 Å². The predicted octanol–water partition coefficient (Wildman–Crippen LogP) is 3.86. The quantitative estimate of drug-likeness (QED) is 0.695. The van der Waals surface area contributed by atoms with E-state index in [0.29, 0.717) is 17.0 Å².